The molecule has 1 aromatic carbocycles. The quantitative estimate of drug-likeness (QED) is 0.604. The van der Waals surface area contributed by atoms with Gasteiger partial charge in [-0.1, -0.05) is 12.8 Å². The molecule has 0 amide bonds. The maximum absolute atomic E-state index is 10.9. The van der Waals surface area contributed by atoms with Gasteiger partial charge in [-0.2, -0.15) is 5.26 Å². The minimum absolute atomic E-state index is 0.132. The summed E-state index contributed by atoms with van der Waals surface area (Å²) < 4.78 is 5.53. The molecule has 0 saturated heterocycles. The van der Waals surface area contributed by atoms with Crippen molar-refractivity contribution in [3.63, 3.8) is 0 Å². The molecule has 0 unspecified atom stereocenters. The number of ether oxygens (including phenoxy) is 1. The lowest BCUT2D eigenvalue weighted by atomic mass is 10.1. The molecule has 1 fully saturated rings. The van der Waals surface area contributed by atoms with Crippen molar-refractivity contribution in [1.29, 1.82) is 5.26 Å². The van der Waals surface area contributed by atoms with Crippen molar-refractivity contribution in [3.8, 4) is 11.8 Å². The Morgan fingerprint density at radius 1 is 1.44 bits per heavy atom. The van der Waals surface area contributed by atoms with Gasteiger partial charge in [0.05, 0.1) is 23.2 Å². The van der Waals surface area contributed by atoms with E-state index in [1.807, 2.05) is 6.07 Å². The van der Waals surface area contributed by atoms with E-state index < -0.39 is 4.92 Å². The molecule has 0 aliphatic heterocycles. The average Bonchev–Trinajstić information content (AvgIpc) is 2.89. The Bertz CT molecular complexity index is 487. The van der Waals surface area contributed by atoms with Crippen LogP contribution < -0.4 is 4.74 Å². The highest BCUT2D eigenvalue weighted by Gasteiger charge is 2.20. The maximum Gasteiger partial charge on any atom is 0.312 e. The summed E-state index contributed by atoms with van der Waals surface area (Å²) in [5.41, 5.74) is 0.141. The van der Waals surface area contributed by atoms with Crippen LogP contribution in [0.15, 0.2) is 18.2 Å². The topological polar surface area (TPSA) is 76.2 Å². The van der Waals surface area contributed by atoms with Crippen LogP contribution in [0.1, 0.15) is 31.2 Å². The van der Waals surface area contributed by atoms with Gasteiger partial charge in [0, 0.05) is 6.07 Å². The lowest BCUT2D eigenvalue weighted by Gasteiger charge is -2.11. The molecule has 1 aliphatic carbocycles. The summed E-state index contributed by atoms with van der Waals surface area (Å²) in [6, 6.07) is 6.18. The predicted octanol–water partition coefficient (Wildman–Crippen LogP) is 3.04. The Morgan fingerprint density at radius 2 is 2.17 bits per heavy atom. The minimum Gasteiger partial charge on any atom is -0.487 e. The second-order valence-electron chi connectivity index (χ2n) is 4.51. The van der Waals surface area contributed by atoms with E-state index in [1.165, 1.54) is 31.0 Å². The first-order valence-electron chi connectivity index (χ1n) is 6.02. The van der Waals surface area contributed by atoms with Crippen LogP contribution in [0.3, 0.4) is 0 Å². The SMILES string of the molecule is N#Cc1ccc(OCC2CCCC2)c([N+](=O)[O-])c1. The monoisotopic (exact) mass is 246 g/mol. The van der Waals surface area contributed by atoms with Gasteiger partial charge >= 0.3 is 5.69 Å². The van der Waals surface area contributed by atoms with E-state index in [9.17, 15) is 10.1 Å². The molecule has 5 heteroatoms. The molecule has 0 bridgehead atoms. The minimum atomic E-state index is -0.509. The van der Waals surface area contributed by atoms with Crippen LogP contribution in [0.5, 0.6) is 5.75 Å². The van der Waals surface area contributed by atoms with Gasteiger partial charge in [-0.05, 0) is 30.9 Å². The fraction of sp³-hybridized carbons (Fsp3) is 0.462. The van der Waals surface area contributed by atoms with Crippen molar-refractivity contribution >= 4 is 5.69 Å². The summed E-state index contributed by atoms with van der Waals surface area (Å²) in [6.07, 6.45) is 4.68. The number of benzene rings is 1. The third-order valence-electron chi connectivity index (χ3n) is 3.23. The zero-order valence-corrected chi connectivity index (χ0v) is 9.96. The fourth-order valence-corrected chi connectivity index (χ4v) is 2.24. The standard InChI is InChI=1S/C13H14N2O3/c14-8-11-5-6-13(12(7-11)15(16)17)18-9-10-3-1-2-4-10/h5-7,10H,1-4,9H2. The highest BCUT2D eigenvalue weighted by molar-refractivity contribution is 5.51. The van der Waals surface area contributed by atoms with Gasteiger partial charge in [0.2, 0.25) is 0 Å². The van der Waals surface area contributed by atoms with E-state index in [2.05, 4.69) is 0 Å². The van der Waals surface area contributed by atoms with Gasteiger partial charge in [0.1, 0.15) is 0 Å². The smallest absolute Gasteiger partial charge is 0.312 e. The number of nitro benzene ring substituents is 1. The van der Waals surface area contributed by atoms with E-state index in [0.29, 0.717) is 12.5 Å². The summed E-state index contributed by atoms with van der Waals surface area (Å²) in [5.74, 6) is 0.756. The van der Waals surface area contributed by atoms with E-state index in [0.717, 1.165) is 12.8 Å². The molecule has 0 atom stereocenters. The van der Waals surface area contributed by atoms with Crippen molar-refractivity contribution in [2.75, 3.05) is 6.61 Å². The third-order valence-corrected chi connectivity index (χ3v) is 3.23. The van der Waals surface area contributed by atoms with Gasteiger partial charge in [-0.25, -0.2) is 0 Å². The van der Waals surface area contributed by atoms with Gasteiger partial charge < -0.3 is 4.74 Å². The number of nitro groups is 1. The van der Waals surface area contributed by atoms with Crippen LogP contribution in [-0.2, 0) is 0 Å². The Balaban J connectivity index is 2.11. The molecule has 0 N–H and O–H groups in total. The third kappa shape index (κ3) is 2.77. The second-order valence-corrected chi connectivity index (χ2v) is 4.51. The molecule has 0 heterocycles. The van der Waals surface area contributed by atoms with Crippen molar-refractivity contribution in [2.24, 2.45) is 5.92 Å². The molecule has 2 rings (SSSR count). The summed E-state index contributed by atoms with van der Waals surface area (Å²) in [6.45, 7) is 0.521. The number of rotatable bonds is 4. The lowest BCUT2D eigenvalue weighted by Crippen LogP contribution is -2.09. The molecule has 1 saturated carbocycles. The molecule has 5 nitrogen and oxygen atoms in total. The Hall–Kier alpha value is -2.09. The van der Waals surface area contributed by atoms with Crippen molar-refractivity contribution in [1.82, 2.24) is 0 Å². The normalized spacial score (nSPS) is 15.3. The van der Waals surface area contributed by atoms with Crippen molar-refractivity contribution < 1.29 is 9.66 Å². The van der Waals surface area contributed by atoms with Crippen LogP contribution in [0.4, 0.5) is 5.69 Å². The number of nitriles is 1. The van der Waals surface area contributed by atoms with Crippen LogP contribution in [-0.4, -0.2) is 11.5 Å². The molecule has 0 spiro atoms. The van der Waals surface area contributed by atoms with Crippen LogP contribution in [0, 0.1) is 27.4 Å². The number of hydrogen-bond acceptors (Lipinski definition) is 4. The summed E-state index contributed by atoms with van der Waals surface area (Å²) in [5, 5.41) is 19.6. The van der Waals surface area contributed by atoms with Crippen LogP contribution in [0.2, 0.25) is 0 Å². The summed E-state index contributed by atoms with van der Waals surface area (Å²) in [7, 11) is 0. The van der Waals surface area contributed by atoms with Gasteiger partial charge in [-0.3, -0.25) is 10.1 Å². The van der Waals surface area contributed by atoms with E-state index in [1.54, 1.807) is 0 Å². The fourth-order valence-electron chi connectivity index (χ4n) is 2.24. The summed E-state index contributed by atoms with van der Waals surface area (Å²) >= 11 is 0. The largest absolute Gasteiger partial charge is 0.487 e. The first-order chi connectivity index (χ1) is 8.70. The van der Waals surface area contributed by atoms with Crippen LogP contribution >= 0.6 is 0 Å². The number of nitrogens with zero attached hydrogens (tertiary/aromatic N) is 2. The molecular weight excluding hydrogens is 232 g/mol. The highest BCUT2D eigenvalue weighted by atomic mass is 16.6. The zero-order valence-electron chi connectivity index (χ0n) is 9.96. The molecule has 1 aromatic rings. The Kier molecular flexibility index (Phi) is 3.78. The van der Waals surface area contributed by atoms with Crippen molar-refractivity contribution in [2.45, 2.75) is 25.7 Å². The zero-order chi connectivity index (χ0) is 13.0. The second kappa shape index (κ2) is 5.50. The van der Waals surface area contributed by atoms with Gasteiger partial charge in [-0.15, -0.1) is 0 Å². The average molecular weight is 246 g/mol. The first kappa shape index (κ1) is 12.4. The van der Waals surface area contributed by atoms with E-state index in [-0.39, 0.29) is 17.0 Å². The van der Waals surface area contributed by atoms with E-state index in [4.69, 9.17) is 10.00 Å². The molecule has 1 aliphatic rings. The van der Waals surface area contributed by atoms with Crippen LogP contribution in [0.25, 0.3) is 0 Å². The van der Waals surface area contributed by atoms with Gasteiger partial charge in [0.15, 0.2) is 5.75 Å². The lowest BCUT2D eigenvalue weighted by molar-refractivity contribution is -0.385. The molecular formula is C13H14N2O3. The predicted molar refractivity (Wildman–Crippen MR) is 65.3 cm³/mol. The summed E-state index contributed by atoms with van der Waals surface area (Å²) in [4.78, 5) is 10.4. The number of hydrogen-bond donors (Lipinski definition) is 0. The van der Waals surface area contributed by atoms with E-state index >= 15 is 0 Å². The highest BCUT2D eigenvalue weighted by Crippen LogP contribution is 2.30. The molecule has 0 aromatic heterocycles. The Labute approximate surface area is 105 Å². The van der Waals surface area contributed by atoms with Gasteiger partial charge in [0.25, 0.3) is 0 Å². The Morgan fingerprint density at radius 3 is 2.78 bits per heavy atom. The molecule has 0 radical (unpaired) electrons. The van der Waals surface area contributed by atoms with Crippen molar-refractivity contribution in [3.05, 3.63) is 33.9 Å². The maximum atomic E-state index is 10.9. The molecule has 94 valence electrons. The molecule has 18 heavy (non-hydrogen) atoms. The first-order valence-corrected chi connectivity index (χ1v) is 6.02.